The van der Waals surface area contributed by atoms with Crippen LogP contribution in [-0.2, 0) is 11.2 Å². The Morgan fingerprint density at radius 1 is 1.35 bits per heavy atom. The molecule has 0 unspecified atom stereocenters. The van der Waals surface area contributed by atoms with Crippen molar-refractivity contribution < 1.29 is 18.7 Å². The molecular weight excluding hydrogens is 304 g/mol. The van der Waals surface area contributed by atoms with Gasteiger partial charge in [0.15, 0.2) is 0 Å². The Hall–Kier alpha value is -1.50. The van der Waals surface area contributed by atoms with Gasteiger partial charge in [0.2, 0.25) is 5.91 Å². The van der Waals surface area contributed by atoms with Crippen LogP contribution in [-0.4, -0.2) is 45.4 Å². The summed E-state index contributed by atoms with van der Waals surface area (Å²) >= 11 is 0. The fourth-order valence-corrected chi connectivity index (χ4v) is 3.26. The van der Waals surface area contributed by atoms with Gasteiger partial charge in [-0.2, -0.15) is 13.9 Å². The van der Waals surface area contributed by atoms with Crippen molar-refractivity contribution in [3.63, 3.8) is 0 Å². The highest BCUT2D eigenvalue weighted by Crippen LogP contribution is 2.34. The largest absolute Gasteiger partial charge is 0.396 e. The third-order valence-electron chi connectivity index (χ3n) is 5.25. The number of aryl methyl sites for hydroxylation is 1. The van der Waals surface area contributed by atoms with Crippen molar-refractivity contribution in [3.05, 3.63) is 17.0 Å². The zero-order chi connectivity index (χ0) is 17.2. The van der Waals surface area contributed by atoms with E-state index in [0.29, 0.717) is 34.7 Å². The summed E-state index contributed by atoms with van der Waals surface area (Å²) < 4.78 is 26.4. The number of halogens is 2. The second-order valence-electron chi connectivity index (χ2n) is 6.44. The predicted octanol–water partition coefficient (Wildman–Crippen LogP) is 2.45. The van der Waals surface area contributed by atoms with Gasteiger partial charge in [0.25, 0.3) is 0 Å². The lowest BCUT2D eigenvalue weighted by Gasteiger charge is -2.40. The zero-order valence-electron chi connectivity index (χ0n) is 14.0. The van der Waals surface area contributed by atoms with Crippen molar-refractivity contribution in [1.82, 2.24) is 14.7 Å². The Balaban J connectivity index is 2.04. The molecule has 0 radical (unpaired) electrons. The Morgan fingerprint density at radius 3 is 2.39 bits per heavy atom. The first-order valence-corrected chi connectivity index (χ1v) is 8.05. The number of hydrogen-bond acceptors (Lipinski definition) is 3. The van der Waals surface area contributed by atoms with Gasteiger partial charge in [-0.05, 0) is 38.5 Å². The average Bonchev–Trinajstić information content (AvgIpc) is 2.83. The number of carbonyl (C=O) groups is 1. The first-order valence-electron chi connectivity index (χ1n) is 8.05. The van der Waals surface area contributed by atoms with Crippen molar-refractivity contribution in [3.8, 4) is 0 Å². The molecule has 2 rings (SSSR count). The molecule has 0 spiro atoms. The molecule has 2 heterocycles. The van der Waals surface area contributed by atoms with Gasteiger partial charge in [0, 0.05) is 31.0 Å². The Labute approximate surface area is 135 Å². The number of alkyl halides is 2. The minimum Gasteiger partial charge on any atom is -0.396 e. The first-order chi connectivity index (χ1) is 10.8. The number of aromatic nitrogens is 2. The van der Waals surface area contributed by atoms with E-state index in [0.717, 1.165) is 19.3 Å². The number of carbonyl (C=O) groups excluding carboxylic acids is 1. The highest BCUT2D eigenvalue weighted by molar-refractivity contribution is 5.79. The number of amides is 1. The third-order valence-corrected chi connectivity index (χ3v) is 5.25. The van der Waals surface area contributed by atoms with Crippen LogP contribution in [0.25, 0.3) is 0 Å². The molecule has 1 amide bonds. The van der Waals surface area contributed by atoms with E-state index in [-0.39, 0.29) is 24.3 Å². The van der Waals surface area contributed by atoms with Crippen molar-refractivity contribution in [2.24, 2.45) is 5.41 Å². The van der Waals surface area contributed by atoms with E-state index in [1.165, 1.54) is 0 Å². The monoisotopic (exact) mass is 329 g/mol. The molecule has 0 aromatic carbocycles. The summed E-state index contributed by atoms with van der Waals surface area (Å²) in [4.78, 5) is 14.2. The Kier molecular flexibility index (Phi) is 5.39. The summed E-state index contributed by atoms with van der Waals surface area (Å²) in [5.41, 5.74) is 1.33. The van der Waals surface area contributed by atoms with Gasteiger partial charge in [0.1, 0.15) is 0 Å². The van der Waals surface area contributed by atoms with Gasteiger partial charge in [-0.25, -0.2) is 4.68 Å². The molecule has 1 saturated heterocycles. The molecule has 1 aliphatic heterocycles. The molecule has 1 aromatic heterocycles. The van der Waals surface area contributed by atoms with Crippen LogP contribution in [0.5, 0.6) is 0 Å². The molecule has 5 nitrogen and oxygen atoms in total. The van der Waals surface area contributed by atoms with E-state index < -0.39 is 6.55 Å². The van der Waals surface area contributed by atoms with E-state index in [2.05, 4.69) is 12.0 Å². The fraction of sp³-hybridized carbons (Fsp3) is 0.750. The maximum Gasteiger partial charge on any atom is 0.333 e. The molecule has 23 heavy (non-hydrogen) atoms. The number of hydrogen-bond donors (Lipinski definition) is 1. The van der Waals surface area contributed by atoms with Crippen LogP contribution in [0.1, 0.15) is 49.7 Å². The normalized spacial score (nSPS) is 17.8. The maximum atomic E-state index is 12.9. The summed E-state index contributed by atoms with van der Waals surface area (Å²) in [7, 11) is 0. The smallest absolute Gasteiger partial charge is 0.333 e. The van der Waals surface area contributed by atoms with Crippen molar-refractivity contribution in [2.75, 3.05) is 19.7 Å². The zero-order valence-corrected chi connectivity index (χ0v) is 14.0. The van der Waals surface area contributed by atoms with Crippen LogP contribution < -0.4 is 0 Å². The van der Waals surface area contributed by atoms with Crippen molar-refractivity contribution in [2.45, 2.75) is 53.0 Å². The highest BCUT2D eigenvalue weighted by atomic mass is 19.3. The summed E-state index contributed by atoms with van der Waals surface area (Å²) in [5, 5.41) is 13.4. The van der Waals surface area contributed by atoms with Crippen LogP contribution in [0, 0.1) is 19.3 Å². The summed E-state index contributed by atoms with van der Waals surface area (Å²) in [6.07, 6.45) is 2.55. The molecule has 0 aliphatic carbocycles. The number of piperidine rings is 1. The van der Waals surface area contributed by atoms with E-state index >= 15 is 0 Å². The number of nitrogens with zero attached hydrogens (tertiary/aromatic N) is 3. The molecule has 130 valence electrons. The predicted molar refractivity (Wildman–Crippen MR) is 82.3 cm³/mol. The van der Waals surface area contributed by atoms with Crippen LogP contribution in [0.4, 0.5) is 8.78 Å². The van der Waals surface area contributed by atoms with Gasteiger partial charge < -0.3 is 10.0 Å². The van der Waals surface area contributed by atoms with E-state index in [1.54, 1.807) is 18.7 Å². The summed E-state index contributed by atoms with van der Waals surface area (Å²) in [5.74, 6) is -0.0624. The summed E-state index contributed by atoms with van der Waals surface area (Å²) in [6.45, 7) is 3.94. The quantitative estimate of drug-likeness (QED) is 0.903. The maximum absolute atomic E-state index is 12.9. The second kappa shape index (κ2) is 6.95. The van der Waals surface area contributed by atoms with Gasteiger partial charge in [-0.1, -0.05) is 6.92 Å². The lowest BCUT2D eigenvalue weighted by molar-refractivity contribution is -0.133. The minimum absolute atomic E-state index is 0.0624. The molecule has 1 aliphatic rings. The summed E-state index contributed by atoms with van der Waals surface area (Å²) in [6, 6.07) is 0. The van der Waals surface area contributed by atoms with Gasteiger partial charge in [-0.15, -0.1) is 0 Å². The van der Waals surface area contributed by atoms with Crippen LogP contribution in [0.3, 0.4) is 0 Å². The molecule has 7 heteroatoms. The number of likely N-dealkylation sites (tertiary alicyclic amines) is 1. The molecule has 0 atom stereocenters. The first kappa shape index (κ1) is 17.8. The van der Waals surface area contributed by atoms with Gasteiger partial charge in [0.05, 0.1) is 12.1 Å². The fourth-order valence-electron chi connectivity index (χ4n) is 3.26. The molecule has 1 aromatic rings. The SMILES string of the molecule is CCC1(CO)CCN(C(=O)Cc2c(C)nn(C(F)F)c2C)CC1. The molecule has 1 fully saturated rings. The second-order valence-corrected chi connectivity index (χ2v) is 6.44. The molecule has 0 saturated carbocycles. The number of rotatable bonds is 5. The molecule has 1 N–H and O–H groups in total. The number of aliphatic hydroxyl groups excluding tert-OH is 1. The van der Waals surface area contributed by atoms with E-state index in [9.17, 15) is 18.7 Å². The Morgan fingerprint density at radius 2 is 1.96 bits per heavy atom. The van der Waals surface area contributed by atoms with E-state index in [1.807, 2.05) is 0 Å². The lowest BCUT2D eigenvalue weighted by Crippen LogP contribution is -2.45. The van der Waals surface area contributed by atoms with Gasteiger partial charge >= 0.3 is 6.55 Å². The lowest BCUT2D eigenvalue weighted by atomic mass is 9.77. The van der Waals surface area contributed by atoms with Crippen LogP contribution in [0.15, 0.2) is 0 Å². The van der Waals surface area contributed by atoms with Crippen molar-refractivity contribution >= 4 is 5.91 Å². The average molecular weight is 329 g/mol. The van der Waals surface area contributed by atoms with Gasteiger partial charge in [-0.3, -0.25) is 4.79 Å². The standard InChI is InChI=1S/C16H25F2N3O2/c1-4-16(10-22)5-7-20(8-6-16)14(23)9-13-11(2)19-21(12(13)3)15(17)18/h15,22H,4-10H2,1-3H3. The number of aliphatic hydroxyl groups is 1. The molecule has 0 bridgehead atoms. The van der Waals surface area contributed by atoms with E-state index in [4.69, 9.17) is 0 Å². The van der Waals surface area contributed by atoms with Crippen LogP contribution >= 0.6 is 0 Å². The minimum atomic E-state index is -2.69. The molecular formula is C16H25F2N3O2. The highest BCUT2D eigenvalue weighted by Gasteiger charge is 2.34. The van der Waals surface area contributed by atoms with Crippen LogP contribution in [0.2, 0.25) is 0 Å². The third kappa shape index (κ3) is 3.54. The Bertz CT molecular complexity index is 558. The van der Waals surface area contributed by atoms with Crippen molar-refractivity contribution in [1.29, 1.82) is 0 Å². The topological polar surface area (TPSA) is 58.4 Å².